The Morgan fingerprint density at radius 1 is 1.45 bits per heavy atom. The van der Waals surface area contributed by atoms with E-state index in [1.807, 2.05) is 0 Å². The fraction of sp³-hybridized carbons (Fsp3) is 0.538. The van der Waals surface area contributed by atoms with Gasteiger partial charge in [0, 0.05) is 6.54 Å². The first-order valence-corrected chi connectivity index (χ1v) is 6.35. The van der Waals surface area contributed by atoms with Crippen molar-refractivity contribution >= 4 is 11.8 Å². The number of rotatable bonds is 7. The zero-order chi connectivity index (χ0) is 15.1. The molecular formula is C13H18F2N2O3. The van der Waals surface area contributed by atoms with Crippen LogP contribution >= 0.6 is 0 Å². The highest BCUT2D eigenvalue weighted by Gasteiger charge is 2.24. The zero-order valence-corrected chi connectivity index (χ0v) is 11.4. The molecule has 0 aromatic carbocycles. The maximum absolute atomic E-state index is 12.4. The van der Waals surface area contributed by atoms with Crippen LogP contribution in [0.3, 0.4) is 0 Å². The van der Waals surface area contributed by atoms with Gasteiger partial charge in [-0.3, -0.25) is 9.59 Å². The summed E-state index contributed by atoms with van der Waals surface area (Å²) in [5, 5.41) is 2.46. The van der Waals surface area contributed by atoms with Gasteiger partial charge in [-0.2, -0.15) is 0 Å². The van der Waals surface area contributed by atoms with Crippen molar-refractivity contribution in [1.82, 2.24) is 10.2 Å². The Bertz CT molecular complexity index is 435. The molecule has 1 aromatic rings. The molecule has 0 radical (unpaired) electrons. The number of carbonyl (C=O) groups is 2. The van der Waals surface area contributed by atoms with Crippen LogP contribution in [0.25, 0.3) is 0 Å². The zero-order valence-electron chi connectivity index (χ0n) is 11.4. The van der Waals surface area contributed by atoms with E-state index in [1.165, 1.54) is 25.5 Å². The van der Waals surface area contributed by atoms with E-state index in [9.17, 15) is 18.4 Å². The van der Waals surface area contributed by atoms with Crippen molar-refractivity contribution in [2.45, 2.75) is 32.7 Å². The van der Waals surface area contributed by atoms with E-state index in [4.69, 9.17) is 4.42 Å². The summed E-state index contributed by atoms with van der Waals surface area (Å²) < 4.78 is 29.6. The van der Waals surface area contributed by atoms with Crippen LogP contribution in [0.5, 0.6) is 0 Å². The van der Waals surface area contributed by atoms with Crippen molar-refractivity contribution < 1.29 is 22.8 Å². The molecule has 5 nitrogen and oxygen atoms in total. The van der Waals surface area contributed by atoms with E-state index >= 15 is 0 Å². The molecule has 1 atom stereocenters. The molecule has 1 heterocycles. The van der Waals surface area contributed by atoms with Crippen molar-refractivity contribution in [1.29, 1.82) is 0 Å². The summed E-state index contributed by atoms with van der Waals surface area (Å²) in [4.78, 5) is 24.8. The SMILES string of the molecule is CCCN(CC(F)F)C(=O)[C@@H](C)NC(=O)c1ccoc1. The standard InChI is InChI=1S/C13H18F2N2O3/c1-3-5-17(7-11(14)15)13(19)9(2)16-12(18)10-4-6-20-8-10/h4,6,8-9,11H,3,5,7H2,1-2H3,(H,16,18)/t9-/m1/s1. The highest BCUT2D eigenvalue weighted by molar-refractivity contribution is 5.97. The average molecular weight is 288 g/mol. The molecule has 0 fully saturated rings. The van der Waals surface area contributed by atoms with Gasteiger partial charge >= 0.3 is 0 Å². The van der Waals surface area contributed by atoms with Crippen LogP contribution in [0.4, 0.5) is 8.78 Å². The molecule has 1 rings (SSSR count). The molecule has 2 amide bonds. The maximum atomic E-state index is 12.4. The molecule has 0 aliphatic rings. The third-order valence-corrected chi connectivity index (χ3v) is 2.66. The fourth-order valence-corrected chi connectivity index (χ4v) is 1.74. The smallest absolute Gasteiger partial charge is 0.255 e. The molecule has 0 aliphatic heterocycles. The van der Waals surface area contributed by atoms with Gasteiger partial charge in [0.2, 0.25) is 5.91 Å². The van der Waals surface area contributed by atoms with Crippen molar-refractivity contribution in [2.24, 2.45) is 0 Å². The summed E-state index contributed by atoms with van der Waals surface area (Å²) in [5.41, 5.74) is 0.278. The predicted octanol–water partition coefficient (Wildman–Crippen LogP) is 1.90. The lowest BCUT2D eigenvalue weighted by Gasteiger charge is -2.25. The largest absolute Gasteiger partial charge is 0.472 e. The van der Waals surface area contributed by atoms with Crippen LogP contribution in [0, 0.1) is 0 Å². The molecule has 0 unspecified atom stereocenters. The summed E-state index contributed by atoms with van der Waals surface area (Å²) in [7, 11) is 0. The van der Waals surface area contributed by atoms with Crippen molar-refractivity contribution in [2.75, 3.05) is 13.1 Å². The molecule has 1 aromatic heterocycles. The predicted molar refractivity (Wildman–Crippen MR) is 68.5 cm³/mol. The number of halogens is 2. The monoisotopic (exact) mass is 288 g/mol. The molecule has 1 N–H and O–H groups in total. The van der Waals surface area contributed by atoms with Gasteiger partial charge in [0.05, 0.1) is 18.4 Å². The second kappa shape index (κ2) is 7.62. The molecule has 20 heavy (non-hydrogen) atoms. The third-order valence-electron chi connectivity index (χ3n) is 2.66. The van der Waals surface area contributed by atoms with Crippen LogP contribution < -0.4 is 5.32 Å². The number of hydrogen-bond acceptors (Lipinski definition) is 3. The van der Waals surface area contributed by atoms with E-state index in [1.54, 1.807) is 6.92 Å². The topological polar surface area (TPSA) is 62.6 Å². The van der Waals surface area contributed by atoms with E-state index in [2.05, 4.69) is 5.32 Å². The number of nitrogens with zero attached hydrogens (tertiary/aromatic N) is 1. The Morgan fingerprint density at radius 2 is 2.15 bits per heavy atom. The molecule has 0 bridgehead atoms. The molecule has 112 valence electrons. The van der Waals surface area contributed by atoms with Gasteiger partial charge in [-0.1, -0.05) is 6.92 Å². The van der Waals surface area contributed by atoms with Gasteiger partial charge in [-0.15, -0.1) is 0 Å². The van der Waals surface area contributed by atoms with E-state index in [0.717, 1.165) is 4.90 Å². The average Bonchev–Trinajstić information content (AvgIpc) is 2.90. The van der Waals surface area contributed by atoms with Crippen LogP contribution in [-0.2, 0) is 4.79 Å². The minimum absolute atomic E-state index is 0.231. The minimum atomic E-state index is -2.60. The number of furan rings is 1. The molecule has 0 saturated carbocycles. The lowest BCUT2D eigenvalue weighted by Crippen LogP contribution is -2.48. The third kappa shape index (κ3) is 4.64. The van der Waals surface area contributed by atoms with Gasteiger partial charge < -0.3 is 14.6 Å². The second-order valence-electron chi connectivity index (χ2n) is 4.38. The lowest BCUT2D eigenvalue weighted by molar-refractivity contribution is -0.134. The maximum Gasteiger partial charge on any atom is 0.255 e. The van der Waals surface area contributed by atoms with Crippen molar-refractivity contribution in [3.05, 3.63) is 24.2 Å². The molecule has 7 heteroatoms. The molecule has 0 saturated heterocycles. The molecule has 0 spiro atoms. The van der Waals surface area contributed by atoms with Crippen LogP contribution in [-0.4, -0.2) is 42.3 Å². The van der Waals surface area contributed by atoms with Gasteiger partial charge in [0.1, 0.15) is 12.3 Å². The first kappa shape index (κ1) is 16.1. The lowest BCUT2D eigenvalue weighted by atomic mass is 10.2. The summed E-state index contributed by atoms with van der Waals surface area (Å²) in [5.74, 6) is -1.00. The Kier molecular flexibility index (Phi) is 6.14. The number of amides is 2. The van der Waals surface area contributed by atoms with Gasteiger partial charge in [-0.05, 0) is 19.4 Å². The fourth-order valence-electron chi connectivity index (χ4n) is 1.74. The summed E-state index contributed by atoms with van der Waals surface area (Å²) in [6.07, 6.45) is 0.556. The summed E-state index contributed by atoms with van der Waals surface area (Å²) in [6, 6.07) is 0.581. The highest BCUT2D eigenvalue weighted by Crippen LogP contribution is 2.05. The van der Waals surface area contributed by atoms with E-state index in [0.29, 0.717) is 6.42 Å². The number of alkyl halides is 2. The Labute approximate surface area is 115 Å². The van der Waals surface area contributed by atoms with Gasteiger partial charge in [0.25, 0.3) is 12.3 Å². The quantitative estimate of drug-likeness (QED) is 0.833. The van der Waals surface area contributed by atoms with E-state index < -0.39 is 30.8 Å². The second-order valence-corrected chi connectivity index (χ2v) is 4.38. The first-order valence-electron chi connectivity index (χ1n) is 6.35. The highest BCUT2D eigenvalue weighted by atomic mass is 19.3. The Balaban J connectivity index is 2.61. The number of carbonyl (C=O) groups excluding carboxylic acids is 2. The minimum Gasteiger partial charge on any atom is -0.472 e. The summed E-state index contributed by atoms with van der Waals surface area (Å²) >= 11 is 0. The van der Waals surface area contributed by atoms with Gasteiger partial charge in [0.15, 0.2) is 0 Å². The van der Waals surface area contributed by atoms with E-state index in [-0.39, 0.29) is 12.1 Å². The van der Waals surface area contributed by atoms with Crippen molar-refractivity contribution in [3.63, 3.8) is 0 Å². The first-order chi connectivity index (χ1) is 9.45. The summed E-state index contributed by atoms with van der Waals surface area (Å²) in [6.45, 7) is 2.86. The van der Waals surface area contributed by atoms with Crippen LogP contribution in [0.1, 0.15) is 30.6 Å². The molecular weight excluding hydrogens is 270 g/mol. The normalized spacial score (nSPS) is 12.2. The Hall–Kier alpha value is -1.92. The number of hydrogen-bond donors (Lipinski definition) is 1. The van der Waals surface area contributed by atoms with Gasteiger partial charge in [-0.25, -0.2) is 8.78 Å². The van der Waals surface area contributed by atoms with Crippen molar-refractivity contribution in [3.8, 4) is 0 Å². The Morgan fingerprint density at radius 3 is 2.65 bits per heavy atom. The molecule has 0 aliphatic carbocycles. The van der Waals surface area contributed by atoms with Crippen LogP contribution in [0.15, 0.2) is 23.0 Å². The number of nitrogens with one attached hydrogen (secondary N) is 1. The van der Waals surface area contributed by atoms with Crippen LogP contribution in [0.2, 0.25) is 0 Å².